The topological polar surface area (TPSA) is 91.1 Å². The van der Waals surface area contributed by atoms with Crippen LogP contribution in [0.3, 0.4) is 0 Å². The normalized spacial score (nSPS) is 12.3. The molecule has 0 bridgehead atoms. The Morgan fingerprint density at radius 2 is 1.95 bits per heavy atom. The van der Waals surface area contributed by atoms with E-state index in [1.165, 1.54) is 4.31 Å². The quantitative estimate of drug-likeness (QED) is 0.735. The number of likely N-dealkylation sites (N-methyl/N-ethyl adjacent to an activating group) is 1. The van der Waals surface area contributed by atoms with Gasteiger partial charge in [-0.3, -0.25) is 0 Å². The fourth-order valence-corrected chi connectivity index (χ4v) is 4.11. The highest BCUT2D eigenvalue weighted by Gasteiger charge is 2.30. The van der Waals surface area contributed by atoms with Crippen LogP contribution in [0.5, 0.6) is 0 Å². The maximum absolute atomic E-state index is 12.6. The average molecular weight is 383 g/mol. The summed E-state index contributed by atoms with van der Waals surface area (Å²) >= 11 is 2.97. The number of furan rings is 1. The lowest BCUT2D eigenvalue weighted by molar-refractivity contribution is 0.0661. The predicted octanol–water partition coefficient (Wildman–Crippen LogP) is 1.70. The molecule has 1 N–H and O–H groups in total. The van der Waals surface area contributed by atoms with Crippen LogP contribution in [0, 0.1) is 0 Å². The number of carboxylic acids is 1. The van der Waals surface area contributed by atoms with E-state index in [0.29, 0.717) is 26.1 Å². The van der Waals surface area contributed by atoms with Crippen LogP contribution in [0.25, 0.3) is 0 Å². The van der Waals surface area contributed by atoms with Gasteiger partial charge in [0.1, 0.15) is 4.90 Å². The third-order valence-corrected chi connectivity index (χ3v) is 5.51. The molecule has 0 amide bonds. The van der Waals surface area contributed by atoms with E-state index < -0.39 is 21.8 Å². The minimum Gasteiger partial charge on any atom is -0.475 e. The molecule has 120 valence electrons. The van der Waals surface area contributed by atoms with E-state index in [4.69, 9.17) is 9.52 Å². The maximum Gasteiger partial charge on any atom is 0.371 e. The van der Waals surface area contributed by atoms with Crippen LogP contribution in [-0.4, -0.2) is 62.4 Å². The van der Waals surface area contributed by atoms with Crippen LogP contribution in [-0.2, 0) is 10.0 Å². The van der Waals surface area contributed by atoms with Crippen LogP contribution in [0.1, 0.15) is 23.9 Å². The molecule has 7 nitrogen and oxygen atoms in total. The van der Waals surface area contributed by atoms with E-state index in [9.17, 15) is 13.2 Å². The number of hydrogen-bond donors (Lipinski definition) is 1. The Bertz CT molecular complexity index is 597. The molecule has 0 saturated carbocycles. The summed E-state index contributed by atoms with van der Waals surface area (Å²) < 4.78 is 31.4. The average Bonchev–Trinajstić information content (AvgIpc) is 2.77. The minimum absolute atomic E-state index is 0.0918. The molecule has 0 spiro atoms. The molecule has 21 heavy (non-hydrogen) atoms. The van der Waals surface area contributed by atoms with Gasteiger partial charge in [-0.25, -0.2) is 13.2 Å². The zero-order valence-corrected chi connectivity index (χ0v) is 14.6. The van der Waals surface area contributed by atoms with Crippen LogP contribution in [0.15, 0.2) is 20.0 Å². The lowest BCUT2D eigenvalue weighted by Crippen LogP contribution is -2.37. The summed E-state index contributed by atoms with van der Waals surface area (Å²) in [6.45, 7) is 3.13. The van der Waals surface area contributed by atoms with Crippen molar-refractivity contribution < 1.29 is 22.7 Å². The Hall–Kier alpha value is -0.900. The van der Waals surface area contributed by atoms with Crippen LogP contribution >= 0.6 is 15.9 Å². The van der Waals surface area contributed by atoms with E-state index in [0.717, 1.165) is 6.07 Å². The summed E-state index contributed by atoms with van der Waals surface area (Å²) in [5.41, 5.74) is 0. The molecular weight excluding hydrogens is 364 g/mol. The molecule has 0 atom stereocenters. The second-order valence-corrected chi connectivity index (χ2v) is 7.39. The molecule has 1 heterocycles. The van der Waals surface area contributed by atoms with Crippen molar-refractivity contribution in [3.63, 3.8) is 0 Å². The molecule has 1 aromatic rings. The Morgan fingerprint density at radius 1 is 1.33 bits per heavy atom. The number of carbonyl (C=O) groups is 1. The monoisotopic (exact) mass is 382 g/mol. The van der Waals surface area contributed by atoms with Gasteiger partial charge in [0.05, 0.1) is 0 Å². The molecule has 0 fully saturated rings. The third-order valence-electron chi connectivity index (χ3n) is 2.75. The number of sulfonamides is 1. The van der Waals surface area contributed by atoms with Crippen molar-refractivity contribution in [3.8, 4) is 0 Å². The number of hydrogen-bond acceptors (Lipinski definition) is 5. The van der Waals surface area contributed by atoms with Crippen molar-refractivity contribution in [2.75, 3.05) is 33.7 Å². The first-order chi connectivity index (χ1) is 9.70. The molecule has 0 aliphatic heterocycles. The number of carboxylic acid groups (broad SMARTS) is 1. The Labute approximate surface area is 132 Å². The smallest absolute Gasteiger partial charge is 0.371 e. The van der Waals surface area contributed by atoms with Gasteiger partial charge in [-0.05, 0) is 36.4 Å². The molecular formula is C12H19BrN2O5S. The van der Waals surface area contributed by atoms with Crippen LogP contribution < -0.4 is 0 Å². The highest BCUT2D eigenvalue weighted by Crippen LogP contribution is 2.28. The predicted molar refractivity (Wildman–Crippen MR) is 81.0 cm³/mol. The van der Waals surface area contributed by atoms with E-state index in [1.54, 1.807) is 0 Å². The van der Waals surface area contributed by atoms with Crippen molar-refractivity contribution in [1.29, 1.82) is 0 Å². The lowest BCUT2D eigenvalue weighted by Gasteiger charge is -2.22. The van der Waals surface area contributed by atoms with Crippen molar-refractivity contribution in [2.24, 2.45) is 0 Å². The van der Waals surface area contributed by atoms with Gasteiger partial charge in [0.15, 0.2) is 4.67 Å². The molecule has 9 heteroatoms. The number of nitrogens with zero attached hydrogens (tertiary/aromatic N) is 2. The Morgan fingerprint density at radius 3 is 2.38 bits per heavy atom. The largest absolute Gasteiger partial charge is 0.475 e. The molecule has 1 rings (SSSR count). The van der Waals surface area contributed by atoms with Crippen LogP contribution in [0.4, 0.5) is 0 Å². The molecule has 0 aliphatic carbocycles. The summed E-state index contributed by atoms with van der Waals surface area (Å²) in [5.74, 6) is -1.73. The van der Waals surface area contributed by atoms with Crippen molar-refractivity contribution in [3.05, 3.63) is 16.5 Å². The van der Waals surface area contributed by atoms with Gasteiger partial charge in [-0.15, -0.1) is 0 Å². The zero-order chi connectivity index (χ0) is 16.2. The SMILES string of the molecule is CCCN(CCN(C)C)S(=O)(=O)c1cc(C(=O)O)oc1Br. The van der Waals surface area contributed by atoms with Gasteiger partial charge >= 0.3 is 5.97 Å². The molecule has 0 radical (unpaired) electrons. The molecule has 0 aliphatic rings. The lowest BCUT2D eigenvalue weighted by atomic mass is 10.4. The maximum atomic E-state index is 12.6. The second kappa shape index (κ2) is 7.39. The molecule has 0 unspecified atom stereocenters. The number of aromatic carboxylic acids is 1. The first kappa shape index (κ1) is 18.1. The summed E-state index contributed by atoms with van der Waals surface area (Å²) in [6, 6.07) is 1.03. The third kappa shape index (κ3) is 4.53. The fraction of sp³-hybridized carbons (Fsp3) is 0.583. The summed E-state index contributed by atoms with van der Waals surface area (Å²) in [6.07, 6.45) is 0.661. The standard InChI is InChI=1S/C12H19BrN2O5S/c1-4-5-15(7-6-14(2)3)21(18,19)10-8-9(12(16)17)20-11(10)13/h8H,4-7H2,1-3H3,(H,16,17). The van der Waals surface area contributed by atoms with Gasteiger partial charge in [0.2, 0.25) is 15.8 Å². The molecule has 1 aromatic heterocycles. The number of halogens is 1. The van der Waals surface area contributed by atoms with Gasteiger partial charge in [-0.1, -0.05) is 6.92 Å². The Kier molecular flexibility index (Phi) is 6.39. The highest BCUT2D eigenvalue weighted by molar-refractivity contribution is 9.10. The Balaban J connectivity index is 3.13. The van der Waals surface area contributed by atoms with Crippen molar-refractivity contribution >= 4 is 31.9 Å². The fourth-order valence-electron chi connectivity index (χ4n) is 1.69. The molecule has 0 saturated heterocycles. The second-order valence-electron chi connectivity index (χ2n) is 4.76. The van der Waals surface area contributed by atoms with Crippen molar-refractivity contribution in [1.82, 2.24) is 9.21 Å². The summed E-state index contributed by atoms with van der Waals surface area (Å²) in [5, 5.41) is 8.88. The van der Waals surface area contributed by atoms with E-state index in [2.05, 4.69) is 15.9 Å². The first-order valence-electron chi connectivity index (χ1n) is 6.37. The van der Waals surface area contributed by atoms with Crippen LogP contribution in [0.2, 0.25) is 0 Å². The number of rotatable bonds is 8. The molecule has 0 aromatic carbocycles. The first-order valence-corrected chi connectivity index (χ1v) is 8.61. The van der Waals surface area contributed by atoms with E-state index in [-0.39, 0.29) is 9.56 Å². The van der Waals surface area contributed by atoms with Crippen molar-refractivity contribution in [2.45, 2.75) is 18.2 Å². The highest BCUT2D eigenvalue weighted by atomic mass is 79.9. The van der Waals surface area contributed by atoms with E-state index in [1.807, 2.05) is 25.9 Å². The zero-order valence-electron chi connectivity index (χ0n) is 12.2. The van der Waals surface area contributed by atoms with Gasteiger partial charge in [-0.2, -0.15) is 4.31 Å². The van der Waals surface area contributed by atoms with Gasteiger partial charge in [0.25, 0.3) is 0 Å². The van der Waals surface area contributed by atoms with Gasteiger partial charge in [0, 0.05) is 25.7 Å². The summed E-state index contributed by atoms with van der Waals surface area (Å²) in [4.78, 5) is 12.6. The van der Waals surface area contributed by atoms with E-state index >= 15 is 0 Å². The minimum atomic E-state index is -3.80. The summed E-state index contributed by atoms with van der Waals surface area (Å²) in [7, 11) is -0.0911. The van der Waals surface area contributed by atoms with Gasteiger partial charge < -0.3 is 14.4 Å².